The SMILES string of the molecule is Cc1ccc(CCCC(=O)NCc2nc(C(=O)O)cs2)s1. The van der Waals surface area contributed by atoms with Crippen LogP contribution in [0.3, 0.4) is 0 Å². The lowest BCUT2D eigenvalue weighted by molar-refractivity contribution is -0.121. The number of nitrogens with zero attached hydrogens (tertiary/aromatic N) is 1. The maximum Gasteiger partial charge on any atom is 0.355 e. The number of nitrogens with one attached hydrogen (secondary N) is 1. The van der Waals surface area contributed by atoms with E-state index in [0.29, 0.717) is 11.4 Å². The zero-order valence-corrected chi connectivity index (χ0v) is 13.2. The maximum absolute atomic E-state index is 11.7. The average Bonchev–Trinajstić information content (AvgIpc) is 3.05. The number of hydrogen-bond acceptors (Lipinski definition) is 5. The molecule has 0 spiro atoms. The highest BCUT2D eigenvalue weighted by Gasteiger charge is 2.09. The summed E-state index contributed by atoms with van der Waals surface area (Å²) in [6, 6.07) is 4.18. The monoisotopic (exact) mass is 324 g/mol. The van der Waals surface area contributed by atoms with E-state index in [1.807, 2.05) is 0 Å². The number of amides is 1. The number of hydrogen-bond donors (Lipinski definition) is 2. The quantitative estimate of drug-likeness (QED) is 0.821. The van der Waals surface area contributed by atoms with E-state index in [4.69, 9.17) is 5.11 Å². The minimum atomic E-state index is -1.05. The molecule has 0 aliphatic rings. The van der Waals surface area contributed by atoms with Crippen LogP contribution in [0.1, 0.15) is 38.1 Å². The van der Waals surface area contributed by atoms with Crippen molar-refractivity contribution >= 4 is 34.6 Å². The summed E-state index contributed by atoms with van der Waals surface area (Å²) in [5.74, 6) is -1.08. The van der Waals surface area contributed by atoms with Gasteiger partial charge in [-0.05, 0) is 31.9 Å². The highest BCUT2D eigenvalue weighted by atomic mass is 32.1. The van der Waals surface area contributed by atoms with E-state index >= 15 is 0 Å². The fourth-order valence-electron chi connectivity index (χ4n) is 1.80. The summed E-state index contributed by atoms with van der Waals surface area (Å²) in [7, 11) is 0. The third kappa shape index (κ3) is 4.95. The molecule has 7 heteroatoms. The van der Waals surface area contributed by atoms with Crippen LogP contribution in [0.2, 0.25) is 0 Å². The standard InChI is InChI=1S/C14H16N2O3S2/c1-9-5-6-10(21-9)3-2-4-12(17)15-7-13-16-11(8-20-13)14(18)19/h5-6,8H,2-4,7H2,1H3,(H,15,17)(H,18,19). The lowest BCUT2D eigenvalue weighted by Crippen LogP contribution is -2.22. The topological polar surface area (TPSA) is 79.3 Å². The number of carboxylic acid groups (broad SMARTS) is 1. The van der Waals surface area contributed by atoms with Crippen LogP contribution >= 0.6 is 22.7 Å². The highest BCUT2D eigenvalue weighted by Crippen LogP contribution is 2.17. The van der Waals surface area contributed by atoms with Gasteiger partial charge in [-0.25, -0.2) is 9.78 Å². The van der Waals surface area contributed by atoms with Gasteiger partial charge in [0, 0.05) is 21.6 Å². The lowest BCUT2D eigenvalue weighted by atomic mass is 10.2. The number of aromatic carboxylic acids is 1. The molecule has 2 rings (SSSR count). The summed E-state index contributed by atoms with van der Waals surface area (Å²) in [6.45, 7) is 2.36. The van der Waals surface area contributed by atoms with Gasteiger partial charge in [0.2, 0.25) is 5.91 Å². The molecular weight excluding hydrogens is 308 g/mol. The third-order valence-corrected chi connectivity index (χ3v) is 4.74. The molecule has 0 saturated heterocycles. The molecule has 0 atom stereocenters. The Balaban J connectivity index is 1.68. The third-order valence-electron chi connectivity index (χ3n) is 2.83. The molecule has 0 bridgehead atoms. The van der Waals surface area contributed by atoms with Crippen LogP contribution in [0, 0.1) is 6.92 Å². The van der Waals surface area contributed by atoms with Gasteiger partial charge in [-0.15, -0.1) is 22.7 Å². The van der Waals surface area contributed by atoms with E-state index in [9.17, 15) is 9.59 Å². The first-order valence-corrected chi connectivity index (χ1v) is 8.24. The molecule has 0 aromatic carbocycles. The summed E-state index contributed by atoms with van der Waals surface area (Å²) < 4.78 is 0. The summed E-state index contributed by atoms with van der Waals surface area (Å²) in [5.41, 5.74) is 0.0253. The molecule has 0 aliphatic carbocycles. The summed E-state index contributed by atoms with van der Waals surface area (Å²) >= 11 is 3.00. The van der Waals surface area contributed by atoms with E-state index in [-0.39, 0.29) is 18.1 Å². The van der Waals surface area contributed by atoms with E-state index in [1.165, 1.54) is 26.5 Å². The molecule has 0 unspecified atom stereocenters. The summed E-state index contributed by atoms with van der Waals surface area (Å²) in [5, 5.41) is 13.6. The number of rotatable bonds is 7. The Kier molecular flexibility index (Phi) is 5.46. The van der Waals surface area contributed by atoms with Crippen molar-refractivity contribution in [2.24, 2.45) is 0 Å². The van der Waals surface area contributed by atoms with Crippen molar-refractivity contribution in [2.45, 2.75) is 32.7 Å². The van der Waals surface area contributed by atoms with Gasteiger partial charge in [-0.3, -0.25) is 4.79 Å². The molecule has 2 heterocycles. The molecule has 2 aromatic rings. The van der Waals surface area contributed by atoms with Gasteiger partial charge in [0.05, 0.1) is 6.54 Å². The van der Waals surface area contributed by atoms with E-state index in [1.54, 1.807) is 11.3 Å². The molecule has 0 fully saturated rings. The number of thiophene rings is 1. The Morgan fingerprint density at radius 1 is 1.38 bits per heavy atom. The molecule has 21 heavy (non-hydrogen) atoms. The highest BCUT2D eigenvalue weighted by molar-refractivity contribution is 7.11. The van der Waals surface area contributed by atoms with Crippen molar-refractivity contribution in [1.29, 1.82) is 0 Å². The largest absolute Gasteiger partial charge is 0.476 e. The number of carbonyl (C=O) groups is 2. The van der Waals surface area contributed by atoms with Crippen LogP contribution in [0.25, 0.3) is 0 Å². The van der Waals surface area contributed by atoms with Crippen LogP contribution in [-0.2, 0) is 17.8 Å². The number of carboxylic acids is 1. The van der Waals surface area contributed by atoms with Crippen LogP contribution < -0.4 is 5.32 Å². The van der Waals surface area contributed by atoms with Gasteiger partial charge in [-0.2, -0.15) is 0 Å². The Morgan fingerprint density at radius 2 is 2.19 bits per heavy atom. The Hall–Kier alpha value is -1.73. The predicted molar refractivity (Wildman–Crippen MR) is 82.9 cm³/mol. The Morgan fingerprint density at radius 3 is 2.81 bits per heavy atom. The van der Waals surface area contributed by atoms with Gasteiger partial charge in [0.1, 0.15) is 5.01 Å². The molecule has 2 N–H and O–H groups in total. The van der Waals surface area contributed by atoms with Crippen LogP contribution in [-0.4, -0.2) is 22.0 Å². The predicted octanol–water partition coefficient (Wildman–Crippen LogP) is 2.85. The Bertz CT molecular complexity index is 634. The number of aromatic nitrogens is 1. The van der Waals surface area contributed by atoms with Crippen LogP contribution in [0.5, 0.6) is 0 Å². The van der Waals surface area contributed by atoms with Crippen molar-refractivity contribution in [2.75, 3.05) is 0 Å². The molecule has 5 nitrogen and oxygen atoms in total. The first kappa shape index (κ1) is 15.7. The maximum atomic E-state index is 11.7. The summed E-state index contributed by atoms with van der Waals surface area (Å²) in [4.78, 5) is 28.9. The fourth-order valence-corrected chi connectivity index (χ4v) is 3.44. The molecule has 0 saturated carbocycles. The minimum absolute atomic E-state index is 0.0253. The molecule has 1 amide bonds. The van der Waals surface area contributed by atoms with Gasteiger partial charge in [-0.1, -0.05) is 0 Å². The second-order valence-electron chi connectivity index (χ2n) is 4.57. The number of carbonyl (C=O) groups excluding carboxylic acids is 1. The first-order chi connectivity index (χ1) is 10.0. The van der Waals surface area contributed by atoms with Crippen molar-refractivity contribution in [1.82, 2.24) is 10.3 Å². The Labute approximate surface area is 130 Å². The zero-order chi connectivity index (χ0) is 15.2. The molecular formula is C14H16N2O3S2. The first-order valence-electron chi connectivity index (χ1n) is 6.54. The second kappa shape index (κ2) is 7.33. The van der Waals surface area contributed by atoms with E-state index in [2.05, 4.69) is 29.4 Å². The number of thiazole rings is 1. The van der Waals surface area contributed by atoms with Crippen molar-refractivity contribution in [3.05, 3.63) is 38.0 Å². The average molecular weight is 324 g/mol. The van der Waals surface area contributed by atoms with Crippen molar-refractivity contribution in [3.63, 3.8) is 0 Å². The minimum Gasteiger partial charge on any atom is -0.476 e. The van der Waals surface area contributed by atoms with Gasteiger partial charge in [0.25, 0.3) is 0 Å². The smallest absolute Gasteiger partial charge is 0.355 e. The second-order valence-corrected chi connectivity index (χ2v) is 6.89. The normalized spacial score (nSPS) is 10.5. The summed E-state index contributed by atoms with van der Waals surface area (Å²) in [6.07, 6.45) is 2.19. The van der Waals surface area contributed by atoms with Crippen LogP contribution in [0.4, 0.5) is 0 Å². The zero-order valence-electron chi connectivity index (χ0n) is 11.6. The van der Waals surface area contributed by atoms with Gasteiger partial charge in [0.15, 0.2) is 5.69 Å². The molecule has 2 aromatic heterocycles. The van der Waals surface area contributed by atoms with Crippen molar-refractivity contribution < 1.29 is 14.7 Å². The lowest BCUT2D eigenvalue weighted by Gasteiger charge is -2.02. The van der Waals surface area contributed by atoms with Crippen LogP contribution in [0.15, 0.2) is 17.5 Å². The van der Waals surface area contributed by atoms with Crippen molar-refractivity contribution in [3.8, 4) is 0 Å². The van der Waals surface area contributed by atoms with Gasteiger partial charge >= 0.3 is 5.97 Å². The fraction of sp³-hybridized carbons (Fsp3) is 0.357. The number of aryl methyl sites for hydroxylation is 2. The molecule has 112 valence electrons. The molecule has 0 aliphatic heterocycles. The molecule has 0 radical (unpaired) electrons. The van der Waals surface area contributed by atoms with E-state index < -0.39 is 5.97 Å². The van der Waals surface area contributed by atoms with Gasteiger partial charge < -0.3 is 10.4 Å². The van der Waals surface area contributed by atoms with E-state index in [0.717, 1.165) is 12.8 Å².